The van der Waals surface area contributed by atoms with Gasteiger partial charge in [-0.1, -0.05) is 44.1 Å². The smallest absolute Gasteiger partial charge is 0.225 e. The standard InChI is InChI=1S/C26H39FN4O4SSi/c1-26(2,3)37(5,6)35-19-20-9-7-10-23(24(20)27)21-17-28-25(29-18-21)31-13-11-22(12-14-31)30-34-15-8-16-36(4,32)33/h7,9-10,17-18H,8,11-16,19H2,1-6H3/q-1. The maximum Gasteiger partial charge on any atom is 0.225 e. The monoisotopic (exact) mass is 550 g/mol. The van der Waals surface area contributed by atoms with Gasteiger partial charge in [-0.3, -0.25) is 0 Å². The molecule has 1 aliphatic heterocycles. The van der Waals surface area contributed by atoms with E-state index in [-0.39, 0.29) is 29.8 Å². The van der Waals surface area contributed by atoms with Crippen molar-refractivity contribution < 1.29 is 22.1 Å². The van der Waals surface area contributed by atoms with Crippen molar-refractivity contribution in [2.45, 2.75) is 64.8 Å². The summed E-state index contributed by atoms with van der Waals surface area (Å²) in [7, 11) is -4.97. The largest absolute Gasteiger partial charge is 0.561 e. The summed E-state index contributed by atoms with van der Waals surface area (Å²) in [4.78, 5) is 16.3. The Morgan fingerprint density at radius 1 is 1.14 bits per heavy atom. The first-order valence-electron chi connectivity index (χ1n) is 12.6. The zero-order valence-corrected chi connectivity index (χ0v) is 24.6. The molecule has 1 fully saturated rings. The Morgan fingerprint density at radius 2 is 1.78 bits per heavy atom. The lowest BCUT2D eigenvalue weighted by atomic mass is 10.1. The molecule has 1 aromatic carbocycles. The van der Waals surface area contributed by atoms with E-state index in [1.165, 1.54) is 6.26 Å². The molecule has 8 nitrogen and oxygen atoms in total. The van der Waals surface area contributed by atoms with Crippen molar-refractivity contribution in [1.82, 2.24) is 9.97 Å². The number of anilines is 1. The van der Waals surface area contributed by atoms with Crippen molar-refractivity contribution in [3.63, 3.8) is 0 Å². The molecular formula is C26H39FN4O4SSi-. The molecule has 0 spiro atoms. The number of piperidine rings is 1. The van der Waals surface area contributed by atoms with Crippen LogP contribution in [0.25, 0.3) is 11.1 Å². The fourth-order valence-electron chi connectivity index (χ4n) is 3.59. The molecule has 1 aliphatic rings. The molecule has 1 aromatic heterocycles. The fraction of sp³-hybridized carbons (Fsp3) is 0.577. The zero-order valence-electron chi connectivity index (χ0n) is 22.8. The van der Waals surface area contributed by atoms with Crippen molar-refractivity contribution >= 4 is 29.8 Å². The first-order chi connectivity index (χ1) is 17.3. The van der Waals surface area contributed by atoms with E-state index in [0.717, 1.165) is 5.71 Å². The molecule has 0 amide bonds. The predicted molar refractivity (Wildman–Crippen MR) is 149 cm³/mol. The molecule has 0 saturated carbocycles. The molecule has 37 heavy (non-hydrogen) atoms. The van der Waals surface area contributed by atoms with Gasteiger partial charge in [0.25, 0.3) is 0 Å². The van der Waals surface area contributed by atoms with E-state index in [1.54, 1.807) is 24.5 Å². The summed E-state index contributed by atoms with van der Waals surface area (Å²) in [6.45, 7) is 12.7. The van der Waals surface area contributed by atoms with Crippen LogP contribution in [-0.2, 0) is 25.7 Å². The van der Waals surface area contributed by atoms with E-state index in [0.29, 0.717) is 55.0 Å². The Morgan fingerprint density at radius 3 is 2.38 bits per heavy atom. The van der Waals surface area contributed by atoms with Crippen molar-refractivity contribution in [2.24, 2.45) is 5.16 Å². The number of hydrogen-bond donors (Lipinski definition) is 0. The van der Waals surface area contributed by atoms with E-state index in [4.69, 9.17) is 9.26 Å². The Kier molecular flexibility index (Phi) is 9.46. The second-order valence-electron chi connectivity index (χ2n) is 11.1. The number of halogens is 1. The molecule has 2 aromatic rings. The van der Waals surface area contributed by atoms with E-state index >= 15 is 4.39 Å². The minimum Gasteiger partial charge on any atom is -0.561 e. The van der Waals surface area contributed by atoms with Gasteiger partial charge in [-0.05, 0) is 14.7 Å². The van der Waals surface area contributed by atoms with Crippen LogP contribution in [0.4, 0.5) is 10.3 Å². The molecule has 1 saturated heterocycles. The Labute approximate surface area is 221 Å². The van der Waals surface area contributed by atoms with Crippen LogP contribution < -0.4 is 4.90 Å². The van der Waals surface area contributed by atoms with Crippen molar-refractivity contribution in [1.29, 1.82) is 0 Å². The molecule has 0 bridgehead atoms. The normalized spacial score (nSPS) is 15.1. The summed E-state index contributed by atoms with van der Waals surface area (Å²) >= 11 is 0. The van der Waals surface area contributed by atoms with Crippen molar-refractivity contribution in [3.05, 3.63) is 42.0 Å². The second-order valence-corrected chi connectivity index (χ2v) is 18.1. The average Bonchev–Trinajstić information content (AvgIpc) is 2.82. The maximum absolute atomic E-state index is 15.4. The van der Waals surface area contributed by atoms with Gasteiger partial charge in [0.2, 0.25) is 5.95 Å². The van der Waals surface area contributed by atoms with Crippen LogP contribution in [0.1, 0.15) is 45.6 Å². The number of hydrogen-bond acceptors (Lipinski definition) is 8. The summed E-state index contributed by atoms with van der Waals surface area (Å²) < 4.78 is 43.9. The van der Waals surface area contributed by atoms with Crippen molar-refractivity contribution in [2.75, 3.05) is 36.6 Å². The summed E-state index contributed by atoms with van der Waals surface area (Å²) in [6.07, 6.45) is 6.38. The maximum atomic E-state index is 15.4. The SMILES string of the molecule is CC(C)(C)[Si-](C)(C)OCc1cccc(-c2cnc(N3CCC(=NOCCCS(C)(=O)=O)CC3)nc2)c1F. The third kappa shape index (κ3) is 8.31. The molecule has 0 N–H and O–H groups in total. The molecule has 3 rings (SSSR count). The van der Waals surface area contributed by atoms with E-state index in [2.05, 4.69) is 53.9 Å². The zero-order chi connectivity index (χ0) is 27.3. The lowest BCUT2D eigenvalue weighted by molar-refractivity contribution is 0.144. The first kappa shape index (κ1) is 29.2. The van der Waals surface area contributed by atoms with Gasteiger partial charge in [-0.15, -0.1) is 18.1 Å². The van der Waals surface area contributed by atoms with Gasteiger partial charge in [0.05, 0.1) is 11.5 Å². The third-order valence-electron chi connectivity index (χ3n) is 6.99. The van der Waals surface area contributed by atoms with Crippen molar-refractivity contribution in [3.8, 4) is 11.1 Å². The van der Waals surface area contributed by atoms with Gasteiger partial charge < -0.3 is 14.2 Å². The molecule has 205 valence electrons. The number of nitrogens with zero attached hydrogens (tertiary/aromatic N) is 4. The lowest BCUT2D eigenvalue weighted by Gasteiger charge is -2.48. The summed E-state index contributed by atoms with van der Waals surface area (Å²) in [5, 5.41) is 4.21. The van der Waals surface area contributed by atoms with Crippen LogP contribution in [-0.4, -0.2) is 64.1 Å². The van der Waals surface area contributed by atoms with Gasteiger partial charge in [0.1, 0.15) is 22.3 Å². The second kappa shape index (κ2) is 12.0. The molecule has 0 atom stereocenters. The van der Waals surface area contributed by atoms with E-state index in [9.17, 15) is 8.42 Å². The van der Waals surface area contributed by atoms with Gasteiger partial charge in [-0.2, -0.15) is 0 Å². The third-order valence-corrected chi connectivity index (χ3v) is 12.5. The van der Waals surface area contributed by atoms with E-state index < -0.39 is 18.2 Å². The minimum atomic E-state index is -2.98. The van der Waals surface area contributed by atoms with Crippen LogP contribution in [0.5, 0.6) is 0 Å². The highest BCUT2D eigenvalue weighted by atomic mass is 32.2. The summed E-state index contributed by atoms with van der Waals surface area (Å²) in [5.41, 5.74) is 2.56. The van der Waals surface area contributed by atoms with Gasteiger partial charge in [-0.25, -0.2) is 22.8 Å². The number of oxime groups is 1. The van der Waals surface area contributed by atoms with Crippen LogP contribution >= 0.6 is 0 Å². The topological polar surface area (TPSA) is 94.0 Å². The molecule has 2 heterocycles. The summed E-state index contributed by atoms with van der Waals surface area (Å²) in [6, 6.07) is 5.35. The van der Waals surface area contributed by atoms with Crippen LogP contribution in [0.2, 0.25) is 18.1 Å². The quantitative estimate of drug-likeness (QED) is 0.228. The molecular weight excluding hydrogens is 511 g/mol. The van der Waals surface area contributed by atoms with Crippen LogP contribution in [0.3, 0.4) is 0 Å². The molecule has 0 aliphatic carbocycles. The van der Waals surface area contributed by atoms with Crippen LogP contribution in [0, 0.1) is 5.82 Å². The number of benzene rings is 1. The highest BCUT2D eigenvalue weighted by Crippen LogP contribution is 2.37. The van der Waals surface area contributed by atoms with Gasteiger partial charge >= 0.3 is 0 Å². The number of sulfone groups is 1. The first-order valence-corrected chi connectivity index (χ1v) is 17.6. The fourth-order valence-corrected chi connectivity index (χ4v) is 5.18. The molecule has 0 unspecified atom stereocenters. The highest BCUT2D eigenvalue weighted by Gasteiger charge is 2.25. The number of aromatic nitrogens is 2. The Hall–Kier alpha value is -2.37. The predicted octanol–water partition coefficient (Wildman–Crippen LogP) is 5.21. The van der Waals surface area contributed by atoms with Gasteiger partial charge in [0, 0.05) is 67.9 Å². The minimum absolute atomic E-state index is 0.0544. The lowest BCUT2D eigenvalue weighted by Crippen LogP contribution is -2.40. The molecule has 0 radical (unpaired) electrons. The van der Waals surface area contributed by atoms with E-state index in [1.807, 2.05) is 6.07 Å². The molecule has 11 heteroatoms. The Bertz CT molecular complexity index is 1190. The number of rotatable bonds is 10. The highest BCUT2D eigenvalue weighted by molar-refractivity contribution is 7.90. The van der Waals surface area contributed by atoms with Gasteiger partial charge in [0.15, 0.2) is 0 Å². The van der Waals surface area contributed by atoms with Crippen LogP contribution in [0.15, 0.2) is 35.7 Å². The average molecular weight is 551 g/mol. The Balaban J connectivity index is 1.57. The summed E-state index contributed by atoms with van der Waals surface area (Å²) in [5.74, 6) is 0.389.